The first kappa shape index (κ1) is 21.7. The molecule has 0 bridgehead atoms. The van der Waals surface area contributed by atoms with E-state index in [1.165, 1.54) is 18.1 Å². The number of nitrogens with two attached hydrogens (primary N) is 1. The predicted molar refractivity (Wildman–Crippen MR) is 118 cm³/mol. The fourth-order valence-corrected chi connectivity index (χ4v) is 3.48. The largest absolute Gasteiger partial charge is 0.482 e. The molecule has 2 aromatic carbocycles. The number of benzene rings is 2. The molecular weight excluding hydrogens is 380 g/mol. The molecule has 30 heavy (non-hydrogen) atoms. The van der Waals surface area contributed by atoms with Crippen LogP contribution in [0.1, 0.15) is 67.8 Å². The molecule has 1 fully saturated rings. The Bertz CT molecular complexity index is 871. The molecule has 0 spiro atoms. The Kier molecular flexibility index (Phi) is 7.33. The van der Waals surface area contributed by atoms with Crippen LogP contribution >= 0.6 is 0 Å². The van der Waals surface area contributed by atoms with Crippen LogP contribution in [0.15, 0.2) is 42.5 Å². The summed E-state index contributed by atoms with van der Waals surface area (Å²) in [6.45, 7) is 4.02. The maximum Gasteiger partial charge on any atom is 0.338 e. The Morgan fingerprint density at radius 3 is 2.43 bits per heavy atom. The zero-order chi connectivity index (χ0) is 21.5. The second-order valence-electron chi connectivity index (χ2n) is 8.03. The first-order valence-corrected chi connectivity index (χ1v) is 10.6. The highest BCUT2D eigenvalue weighted by Gasteiger charge is 2.19. The van der Waals surface area contributed by atoms with Crippen molar-refractivity contribution in [3.8, 4) is 5.75 Å². The number of amides is 1. The molecule has 2 aromatic rings. The second kappa shape index (κ2) is 10.1. The van der Waals surface area contributed by atoms with Crippen molar-refractivity contribution in [2.45, 2.75) is 58.0 Å². The summed E-state index contributed by atoms with van der Waals surface area (Å²) in [5.41, 5.74) is 8.58. The maximum absolute atomic E-state index is 12.4. The molecule has 1 aliphatic rings. The predicted octanol–water partition coefficient (Wildman–Crippen LogP) is 4.90. The number of hydrogen-bond donors (Lipinski definition) is 2. The third-order valence-corrected chi connectivity index (χ3v) is 5.30. The Morgan fingerprint density at radius 2 is 1.77 bits per heavy atom. The van der Waals surface area contributed by atoms with E-state index < -0.39 is 0 Å². The number of carbonyl (C=O) groups excluding carboxylic acids is 2. The van der Waals surface area contributed by atoms with Gasteiger partial charge in [-0.2, -0.15) is 0 Å². The number of esters is 1. The molecule has 3 N–H and O–H groups in total. The van der Waals surface area contributed by atoms with E-state index in [2.05, 4.69) is 19.2 Å². The van der Waals surface area contributed by atoms with Gasteiger partial charge >= 0.3 is 5.97 Å². The van der Waals surface area contributed by atoms with E-state index in [0.29, 0.717) is 28.6 Å². The number of nitrogens with one attached hydrogen (secondary N) is 1. The lowest BCUT2D eigenvalue weighted by atomic mass is 9.98. The Hall–Kier alpha value is -3.02. The highest BCUT2D eigenvalue weighted by atomic mass is 16.5. The van der Waals surface area contributed by atoms with E-state index in [4.69, 9.17) is 15.2 Å². The molecule has 1 amide bonds. The van der Waals surface area contributed by atoms with Crippen molar-refractivity contribution in [2.24, 2.45) is 0 Å². The summed E-state index contributed by atoms with van der Waals surface area (Å²) in [7, 11) is 0. The highest BCUT2D eigenvalue weighted by Crippen LogP contribution is 2.26. The molecule has 1 aliphatic carbocycles. The molecule has 0 aromatic heterocycles. The van der Waals surface area contributed by atoms with Gasteiger partial charge in [0.1, 0.15) is 11.9 Å². The third kappa shape index (κ3) is 5.99. The lowest BCUT2D eigenvalue weighted by Crippen LogP contribution is -2.22. The van der Waals surface area contributed by atoms with Crippen LogP contribution < -0.4 is 15.8 Å². The van der Waals surface area contributed by atoms with Crippen LogP contribution in [0.25, 0.3) is 0 Å². The summed E-state index contributed by atoms with van der Waals surface area (Å²) in [6, 6.07) is 12.4. The zero-order valence-electron chi connectivity index (χ0n) is 17.6. The van der Waals surface area contributed by atoms with Crippen LogP contribution in [0.4, 0.5) is 11.4 Å². The summed E-state index contributed by atoms with van der Waals surface area (Å²) >= 11 is 0. The van der Waals surface area contributed by atoms with E-state index in [1.54, 1.807) is 12.1 Å². The normalized spacial score (nSPS) is 14.4. The van der Waals surface area contributed by atoms with Crippen molar-refractivity contribution < 1.29 is 19.1 Å². The molecular formula is C24H30N2O4. The van der Waals surface area contributed by atoms with Crippen molar-refractivity contribution in [1.82, 2.24) is 0 Å². The van der Waals surface area contributed by atoms with Crippen molar-refractivity contribution in [3.63, 3.8) is 0 Å². The second-order valence-corrected chi connectivity index (χ2v) is 8.03. The monoisotopic (exact) mass is 410 g/mol. The van der Waals surface area contributed by atoms with E-state index in [-0.39, 0.29) is 24.6 Å². The summed E-state index contributed by atoms with van der Waals surface area (Å²) < 4.78 is 11.2. The van der Waals surface area contributed by atoms with Gasteiger partial charge in [-0.3, -0.25) is 4.79 Å². The van der Waals surface area contributed by atoms with Crippen molar-refractivity contribution in [2.75, 3.05) is 17.7 Å². The van der Waals surface area contributed by atoms with Gasteiger partial charge in [0, 0.05) is 5.69 Å². The number of ether oxygens (including phenoxy) is 2. The minimum absolute atomic E-state index is 0.0268. The molecule has 6 nitrogen and oxygen atoms in total. The average Bonchev–Trinajstić information content (AvgIpc) is 2.74. The summed E-state index contributed by atoms with van der Waals surface area (Å²) in [4.78, 5) is 24.7. The molecule has 0 radical (unpaired) electrons. The smallest absolute Gasteiger partial charge is 0.338 e. The molecule has 0 heterocycles. The Labute approximate surface area is 177 Å². The van der Waals surface area contributed by atoms with Crippen molar-refractivity contribution in [3.05, 3.63) is 53.6 Å². The van der Waals surface area contributed by atoms with E-state index in [0.717, 1.165) is 25.7 Å². The van der Waals surface area contributed by atoms with Gasteiger partial charge in [-0.1, -0.05) is 32.4 Å². The Balaban J connectivity index is 1.55. The minimum Gasteiger partial charge on any atom is -0.482 e. The molecule has 0 atom stereocenters. The van der Waals surface area contributed by atoms with Crippen molar-refractivity contribution >= 4 is 23.3 Å². The fraction of sp³-hybridized carbons (Fsp3) is 0.417. The first-order chi connectivity index (χ1) is 14.4. The van der Waals surface area contributed by atoms with Crippen LogP contribution in [-0.2, 0) is 9.53 Å². The van der Waals surface area contributed by atoms with Gasteiger partial charge in [0.25, 0.3) is 5.91 Å². The lowest BCUT2D eigenvalue weighted by molar-refractivity contribution is -0.118. The standard InChI is InChI=1S/C24H30N2O4/c1-16(2)17-8-11-19(12-9-17)26-23(27)15-29-22-14-18(10-13-21(22)25)24(28)30-20-6-4-3-5-7-20/h8-14,16,20H,3-7,15,25H2,1-2H3,(H,26,27). The van der Waals surface area contributed by atoms with Crippen LogP contribution in [-0.4, -0.2) is 24.6 Å². The highest BCUT2D eigenvalue weighted by molar-refractivity contribution is 5.92. The van der Waals surface area contributed by atoms with Gasteiger partial charge < -0.3 is 20.5 Å². The molecule has 1 saturated carbocycles. The lowest BCUT2D eigenvalue weighted by Gasteiger charge is -2.22. The summed E-state index contributed by atoms with van der Waals surface area (Å²) in [5, 5.41) is 2.79. The van der Waals surface area contributed by atoms with Crippen molar-refractivity contribution in [1.29, 1.82) is 0 Å². The fourth-order valence-electron chi connectivity index (χ4n) is 3.48. The first-order valence-electron chi connectivity index (χ1n) is 10.6. The van der Waals surface area contributed by atoms with Gasteiger partial charge in [0.15, 0.2) is 6.61 Å². The summed E-state index contributed by atoms with van der Waals surface area (Å²) in [5.74, 6) is 0.0277. The topological polar surface area (TPSA) is 90.6 Å². The molecule has 6 heteroatoms. The number of rotatable bonds is 7. The average molecular weight is 411 g/mol. The van der Waals surface area contributed by atoms with E-state index in [1.807, 2.05) is 24.3 Å². The molecule has 0 aliphatic heterocycles. The molecule has 0 saturated heterocycles. The van der Waals surface area contributed by atoms with Gasteiger partial charge in [0.2, 0.25) is 0 Å². The molecule has 0 unspecified atom stereocenters. The van der Waals surface area contributed by atoms with E-state index >= 15 is 0 Å². The molecule has 3 rings (SSSR count). The number of anilines is 2. The van der Waals surface area contributed by atoms with Gasteiger partial charge in [-0.05, 0) is 67.5 Å². The van der Waals surface area contributed by atoms with Crippen LogP contribution in [0.3, 0.4) is 0 Å². The third-order valence-electron chi connectivity index (χ3n) is 5.30. The van der Waals surface area contributed by atoms with Gasteiger partial charge in [-0.25, -0.2) is 4.79 Å². The zero-order valence-corrected chi connectivity index (χ0v) is 17.6. The van der Waals surface area contributed by atoms with Crippen LogP contribution in [0.2, 0.25) is 0 Å². The van der Waals surface area contributed by atoms with Crippen LogP contribution in [0.5, 0.6) is 5.75 Å². The molecule has 160 valence electrons. The van der Waals surface area contributed by atoms with E-state index in [9.17, 15) is 9.59 Å². The SMILES string of the molecule is CC(C)c1ccc(NC(=O)COc2cc(C(=O)OC3CCCCC3)ccc2N)cc1. The van der Waals surface area contributed by atoms with Crippen LogP contribution in [0, 0.1) is 0 Å². The number of nitrogen functional groups attached to an aromatic ring is 1. The Morgan fingerprint density at radius 1 is 1.07 bits per heavy atom. The van der Waals surface area contributed by atoms with Gasteiger partial charge in [-0.15, -0.1) is 0 Å². The quantitative estimate of drug-likeness (QED) is 0.500. The minimum atomic E-state index is -0.388. The van der Waals surface area contributed by atoms with Gasteiger partial charge in [0.05, 0.1) is 11.3 Å². The summed E-state index contributed by atoms with van der Waals surface area (Å²) in [6.07, 6.45) is 5.15. The number of carbonyl (C=O) groups is 2. The maximum atomic E-state index is 12.4. The number of hydrogen-bond acceptors (Lipinski definition) is 5.